The number of alkyl carbamates (subject to hydrolysis) is 1. The molecular weight excluding hydrogens is 388 g/mol. The average molecular weight is 416 g/mol. The Hall–Kier alpha value is -3.35. The highest BCUT2D eigenvalue weighted by atomic mass is 16.6. The molecule has 1 fully saturated rings. The van der Waals surface area contributed by atoms with E-state index in [-0.39, 0.29) is 12.5 Å². The quantitative estimate of drug-likeness (QED) is 0.551. The number of oxime groups is 1. The molecule has 30 heavy (non-hydrogen) atoms. The third-order valence-electron chi connectivity index (χ3n) is 4.14. The fourth-order valence-corrected chi connectivity index (χ4v) is 2.67. The van der Waals surface area contributed by atoms with Gasteiger partial charge in [0.2, 0.25) is 0 Å². The van der Waals surface area contributed by atoms with Crippen molar-refractivity contribution in [2.24, 2.45) is 5.16 Å². The highest BCUT2D eigenvalue weighted by Gasteiger charge is 2.22. The molecule has 1 aliphatic rings. The minimum Gasteiger partial charge on any atom is -0.441 e. The summed E-state index contributed by atoms with van der Waals surface area (Å²) in [6.45, 7) is 9.37. The minimum absolute atomic E-state index is 0.168. The molecule has 1 N–H and O–H groups in total. The van der Waals surface area contributed by atoms with Gasteiger partial charge in [-0.25, -0.2) is 9.78 Å². The largest absolute Gasteiger partial charge is 0.441 e. The number of ether oxygens (including phenoxy) is 1. The summed E-state index contributed by atoms with van der Waals surface area (Å²) in [5, 5.41) is 15.2. The van der Waals surface area contributed by atoms with Gasteiger partial charge in [-0.3, -0.25) is 4.79 Å². The van der Waals surface area contributed by atoms with E-state index in [4.69, 9.17) is 14.8 Å². The molecule has 0 aromatic carbocycles. The second-order valence-electron chi connectivity index (χ2n) is 7.90. The lowest BCUT2D eigenvalue weighted by Gasteiger charge is -2.35. The van der Waals surface area contributed by atoms with Crippen molar-refractivity contribution >= 4 is 24.0 Å². The molecule has 0 saturated carbocycles. The highest BCUT2D eigenvalue weighted by Crippen LogP contribution is 2.14. The Morgan fingerprint density at radius 1 is 1.33 bits per heavy atom. The molecule has 162 valence electrons. The van der Waals surface area contributed by atoms with Gasteiger partial charge in [0.25, 0.3) is 5.91 Å². The summed E-state index contributed by atoms with van der Waals surface area (Å²) in [6.07, 6.45) is 1.72. The standard InChI is InChI=1S/C20H28N6O4/c1-15(30-19(28)24-20(2,3)4)12-23-29-14-18(27)26-9-7-25(8-10-26)17-6-5-16(11-21)13-22-17/h5-6,12-13,15H,7-10,14H2,1-4H3,(H,24,28)/b23-12+/t15-/m0/s1. The molecule has 1 saturated heterocycles. The summed E-state index contributed by atoms with van der Waals surface area (Å²) in [5.74, 6) is 0.616. The number of pyridine rings is 1. The van der Waals surface area contributed by atoms with E-state index < -0.39 is 17.7 Å². The van der Waals surface area contributed by atoms with Crippen molar-refractivity contribution in [1.29, 1.82) is 5.26 Å². The van der Waals surface area contributed by atoms with Gasteiger partial charge in [0.15, 0.2) is 6.61 Å². The van der Waals surface area contributed by atoms with Crippen LogP contribution in [0.15, 0.2) is 23.5 Å². The summed E-state index contributed by atoms with van der Waals surface area (Å²) in [7, 11) is 0. The lowest BCUT2D eigenvalue weighted by atomic mass is 10.1. The van der Waals surface area contributed by atoms with Crippen LogP contribution in [0.3, 0.4) is 0 Å². The number of carbonyl (C=O) groups is 2. The summed E-state index contributed by atoms with van der Waals surface area (Å²) >= 11 is 0. The fourth-order valence-electron chi connectivity index (χ4n) is 2.67. The topological polar surface area (TPSA) is 120 Å². The molecule has 1 atom stereocenters. The molecule has 1 aromatic rings. The first-order valence-corrected chi connectivity index (χ1v) is 9.71. The maximum Gasteiger partial charge on any atom is 0.408 e. The molecule has 0 spiro atoms. The summed E-state index contributed by atoms with van der Waals surface area (Å²) in [5.41, 5.74) is 0.122. The van der Waals surface area contributed by atoms with Crippen molar-refractivity contribution in [1.82, 2.24) is 15.2 Å². The van der Waals surface area contributed by atoms with E-state index in [1.54, 1.807) is 24.0 Å². The number of nitriles is 1. The molecule has 2 rings (SSSR count). The molecule has 10 heteroatoms. The minimum atomic E-state index is -0.592. The monoisotopic (exact) mass is 416 g/mol. The van der Waals surface area contributed by atoms with Crippen LogP contribution in [-0.2, 0) is 14.4 Å². The van der Waals surface area contributed by atoms with Crippen LogP contribution in [0.1, 0.15) is 33.3 Å². The number of hydrogen-bond donors (Lipinski definition) is 1. The Bertz CT molecular complexity index is 789. The van der Waals surface area contributed by atoms with Crippen molar-refractivity contribution in [2.45, 2.75) is 39.3 Å². The van der Waals surface area contributed by atoms with Crippen molar-refractivity contribution in [3.8, 4) is 6.07 Å². The van der Waals surface area contributed by atoms with Gasteiger partial charge in [0.1, 0.15) is 18.0 Å². The Morgan fingerprint density at radius 3 is 2.60 bits per heavy atom. The third-order valence-corrected chi connectivity index (χ3v) is 4.14. The smallest absolute Gasteiger partial charge is 0.408 e. The van der Waals surface area contributed by atoms with Gasteiger partial charge in [-0.15, -0.1) is 0 Å². The molecule has 1 aromatic heterocycles. The van der Waals surface area contributed by atoms with Gasteiger partial charge >= 0.3 is 6.09 Å². The first-order chi connectivity index (χ1) is 14.2. The second-order valence-corrected chi connectivity index (χ2v) is 7.90. The van der Waals surface area contributed by atoms with Crippen LogP contribution in [0.5, 0.6) is 0 Å². The molecule has 0 unspecified atom stereocenters. The first kappa shape index (κ1) is 22.9. The number of aromatic nitrogens is 1. The predicted molar refractivity (Wildman–Crippen MR) is 111 cm³/mol. The van der Waals surface area contributed by atoms with Crippen LogP contribution >= 0.6 is 0 Å². The van der Waals surface area contributed by atoms with Gasteiger partial charge in [-0.1, -0.05) is 5.16 Å². The van der Waals surface area contributed by atoms with Gasteiger partial charge in [0, 0.05) is 37.9 Å². The van der Waals surface area contributed by atoms with Crippen molar-refractivity contribution in [3.63, 3.8) is 0 Å². The fraction of sp³-hybridized carbons (Fsp3) is 0.550. The molecular formula is C20H28N6O4. The maximum atomic E-state index is 12.3. The Labute approximate surface area is 176 Å². The number of nitrogens with one attached hydrogen (secondary N) is 1. The van der Waals surface area contributed by atoms with Crippen LogP contribution in [0.2, 0.25) is 0 Å². The normalized spacial score (nSPS) is 15.4. The summed E-state index contributed by atoms with van der Waals surface area (Å²) < 4.78 is 5.11. The molecule has 2 amide bonds. The highest BCUT2D eigenvalue weighted by molar-refractivity contribution is 5.78. The first-order valence-electron chi connectivity index (χ1n) is 9.71. The zero-order chi connectivity index (χ0) is 22.1. The van der Waals surface area contributed by atoms with Gasteiger partial charge in [0.05, 0.1) is 11.8 Å². The van der Waals surface area contributed by atoms with Gasteiger partial charge in [-0.2, -0.15) is 5.26 Å². The second kappa shape index (κ2) is 10.4. The number of piperazine rings is 1. The average Bonchev–Trinajstić information content (AvgIpc) is 2.69. The van der Waals surface area contributed by atoms with Crippen LogP contribution in [0.25, 0.3) is 0 Å². The maximum absolute atomic E-state index is 12.3. The van der Waals surface area contributed by atoms with Crippen LogP contribution in [-0.4, -0.2) is 72.5 Å². The lowest BCUT2D eigenvalue weighted by Crippen LogP contribution is -2.49. The SMILES string of the molecule is C[C@@H](/C=N/OCC(=O)N1CCN(c2ccc(C#N)cn2)CC1)OC(=O)NC(C)(C)C. The van der Waals surface area contributed by atoms with E-state index in [1.165, 1.54) is 12.4 Å². The molecule has 0 radical (unpaired) electrons. The number of rotatable bonds is 6. The Balaban J connectivity index is 1.69. The number of hydrogen-bond acceptors (Lipinski definition) is 8. The molecule has 2 heterocycles. The Morgan fingerprint density at radius 2 is 2.03 bits per heavy atom. The lowest BCUT2D eigenvalue weighted by molar-refractivity contribution is -0.136. The van der Waals surface area contributed by atoms with Gasteiger partial charge in [-0.05, 0) is 39.8 Å². The Kier molecular flexibility index (Phi) is 7.98. The zero-order valence-corrected chi connectivity index (χ0v) is 17.8. The van der Waals surface area contributed by atoms with Crippen molar-refractivity contribution in [3.05, 3.63) is 23.9 Å². The summed E-state index contributed by atoms with van der Waals surface area (Å²) in [4.78, 5) is 37.0. The number of carbonyl (C=O) groups excluding carboxylic acids is 2. The molecule has 10 nitrogen and oxygen atoms in total. The predicted octanol–water partition coefficient (Wildman–Crippen LogP) is 1.52. The molecule has 0 bridgehead atoms. The van der Waals surface area contributed by atoms with Crippen molar-refractivity contribution in [2.75, 3.05) is 37.7 Å². The molecule has 0 aliphatic carbocycles. The van der Waals surface area contributed by atoms with Crippen molar-refractivity contribution < 1.29 is 19.2 Å². The van der Waals surface area contributed by atoms with Crippen LogP contribution in [0.4, 0.5) is 10.6 Å². The summed E-state index contributed by atoms with van der Waals surface area (Å²) in [6, 6.07) is 5.57. The van der Waals surface area contributed by atoms with E-state index in [0.29, 0.717) is 31.7 Å². The van der Waals surface area contributed by atoms with E-state index >= 15 is 0 Å². The number of amides is 2. The molecule has 1 aliphatic heterocycles. The number of nitrogens with zero attached hydrogens (tertiary/aromatic N) is 5. The van der Waals surface area contributed by atoms with Gasteiger partial charge < -0.3 is 24.7 Å². The van der Waals surface area contributed by atoms with E-state index in [1.807, 2.05) is 26.8 Å². The van der Waals surface area contributed by atoms with E-state index in [0.717, 1.165) is 5.82 Å². The van der Waals surface area contributed by atoms with Crippen LogP contribution in [0, 0.1) is 11.3 Å². The zero-order valence-electron chi connectivity index (χ0n) is 17.8. The number of anilines is 1. The van der Waals surface area contributed by atoms with E-state index in [9.17, 15) is 9.59 Å². The van der Waals surface area contributed by atoms with E-state index in [2.05, 4.69) is 20.4 Å². The third kappa shape index (κ3) is 7.58. The van der Waals surface area contributed by atoms with Crippen LogP contribution < -0.4 is 10.2 Å².